The van der Waals surface area contributed by atoms with Crippen molar-refractivity contribution in [1.29, 1.82) is 0 Å². The molecule has 2 fully saturated rings. The molecule has 2 rings (SSSR count). The van der Waals surface area contributed by atoms with E-state index in [2.05, 4.69) is 29.0 Å². The van der Waals surface area contributed by atoms with Crippen LogP contribution in [0.4, 0.5) is 0 Å². The molecule has 2 saturated heterocycles. The van der Waals surface area contributed by atoms with Gasteiger partial charge in [-0.1, -0.05) is 20.3 Å². The number of hydrogen-bond acceptors (Lipinski definition) is 3. The Hall–Kier alpha value is -0.120. The molecule has 1 N–H and O–H groups in total. The topological polar surface area (TPSA) is 18.5 Å². The molecular formula is C17H35N3. The summed E-state index contributed by atoms with van der Waals surface area (Å²) in [6.45, 7) is 12.3. The monoisotopic (exact) mass is 281 g/mol. The highest BCUT2D eigenvalue weighted by Crippen LogP contribution is 2.22. The van der Waals surface area contributed by atoms with Crippen molar-refractivity contribution in [1.82, 2.24) is 15.1 Å². The minimum absolute atomic E-state index is 0.754. The van der Waals surface area contributed by atoms with Crippen LogP contribution in [0.15, 0.2) is 0 Å². The number of nitrogens with zero attached hydrogens (tertiary/aromatic N) is 2. The van der Waals surface area contributed by atoms with Crippen LogP contribution < -0.4 is 5.32 Å². The molecule has 0 aromatic rings. The highest BCUT2D eigenvalue weighted by molar-refractivity contribution is 4.84. The molecule has 0 spiro atoms. The third-order valence-corrected chi connectivity index (χ3v) is 5.20. The van der Waals surface area contributed by atoms with Crippen LogP contribution in [0.5, 0.6) is 0 Å². The van der Waals surface area contributed by atoms with E-state index >= 15 is 0 Å². The van der Waals surface area contributed by atoms with Gasteiger partial charge in [0.1, 0.15) is 0 Å². The third-order valence-electron chi connectivity index (χ3n) is 5.20. The van der Waals surface area contributed by atoms with E-state index in [-0.39, 0.29) is 0 Å². The molecule has 2 heterocycles. The standard InChI is InChI=1S/C17H35N3/c1-3-10-18-15-16(4-2)20-13-8-17(9-14-20)19-11-6-5-7-12-19/h16-18H,3-15H2,1-2H3. The van der Waals surface area contributed by atoms with Gasteiger partial charge in [0.15, 0.2) is 0 Å². The first kappa shape index (κ1) is 16.3. The van der Waals surface area contributed by atoms with Crippen LogP contribution in [0.25, 0.3) is 0 Å². The van der Waals surface area contributed by atoms with E-state index in [1.54, 1.807) is 0 Å². The van der Waals surface area contributed by atoms with E-state index in [9.17, 15) is 0 Å². The Morgan fingerprint density at radius 3 is 2.30 bits per heavy atom. The lowest BCUT2D eigenvalue weighted by Gasteiger charge is -2.42. The highest BCUT2D eigenvalue weighted by Gasteiger charge is 2.27. The molecule has 0 bridgehead atoms. The summed E-state index contributed by atoms with van der Waals surface area (Å²) in [5.74, 6) is 0. The molecule has 2 aliphatic rings. The number of likely N-dealkylation sites (tertiary alicyclic amines) is 2. The van der Waals surface area contributed by atoms with Gasteiger partial charge < -0.3 is 10.2 Å². The Kier molecular flexibility index (Phi) is 7.32. The molecule has 0 saturated carbocycles. The van der Waals surface area contributed by atoms with Crippen molar-refractivity contribution in [3.05, 3.63) is 0 Å². The normalized spacial score (nSPS) is 24.9. The maximum Gasteiger partial charge on any atom is 0.0218 e. The van der Waals surface area contributed by atoms with E-state index in [0.717, 1.165) is 12.1 Å². The molecule has 0 aromatic heterocycles. The summed E-state index contributed by atoms with van der Waals surface area (Å²) in [5, 5.41) is 3.61. The second-order valence-electron chi connectivity index (χ2n) is 6.63. The van der Waals surface area contributed by atoms with Gasteiger partial charge >= 0.3 is 0 Å². The largest absolute Gasteiger partial charge is 0.315 e. The van der Waals surface area contributed by atoms with Crippen molar-refractivity contribution in [2.75, 3.05) is 39.3 Å². The van der Waals surface area contributed by atoms with Gasteiger partial charge in [0.25, 0.3) is 0 Å². The molecule has 0 amide bonds. The summed E-state index contributed by atoms with van der Waals surface area (Å²) in [6, 6.07) is 1.64. The average Bonchev–Trinajstić information content (AvgIpc) is 2.53. The van der Waals surface area contributed by atoms with Gasteiger partial charge in [-0.05, 0) is 71.2 Å². The minimum atomic E-state index is 0.754. The minimum Gasteiger partial charge on any atom is -0.315 e. The molecule has 20 heavy (non-hydrogen) atoms. The molecule has 3 nitrogen and oxygen atoms in total. The van der Waals surface area contributed by atoms with Crippen LogP contribution in [0.2, 0.25) is 0 Å². The average molecular weight is 281 g/mol. The Labute approximate surface area is 126 Å². The lowest BCUT2D eigenvalue weighted by molar-refractivity contribution is 0.0707. The summed E-state index contributed by atoms with van der Waals surface area (Å²) in [7, 11) is 0. The summed E-state index contributed by atoms with van der Waals surface area (Å²) < 4.78 is 0. The summed E-state index contributed by atoms with van der Waals surface area (Å²) in [4.78, 5) is 5.51. The van der Waals surface area contributed by atoms with Gasteiger partial charge in [-0.3, -0.25) is 4.90 Å². The molecular weight excluding hydrogens is 246 g/mol. The molecule has 2 aliphatic heterocycles. The number of rotatable bonds is 7. The molecule has 118 valence electrons. The Balaban J connectivity index is 1.71. The fourth-order valence-electron chi connectivity index (χ4n) is 3.88. The van der Waals surface area contributed by atoms with E-state index in [0.29, 0.717) is 0 Å². The van der Waals surface area contributed by atoms with Gasteiger partial charge in [-0.2, -0.15) is 0 Å². The summed E-state index contributed by atoms with van der Waals surface area (Å²) in [5.41, 5.74) is 0. The fraction of sp³-hybridized carbons (Fsp3) is 1.00. The molecule has 1 atom stereocenters. The van der Waals surface area contributed by atoms with Crippen LogP contribution >= 0.6 is 0 Å². The quantitative estimate of drug-likeness (QED) is 0.724. The van der Waals surface area contributed by atoms with Crippen molar-refractivity contribution in [2.24, 2.45) is 0 Å². The van der Waals surface area contributed by atoms with Gasteiger partial charge in [0.05, 0.1) is 0 Å². The highest BCUT2D eigenvalue weighted by atomic mass is 15.2. The second-order valence-corrected chi connectivity index (χ2v) is 6.63. The van der Waals surface area contributed by atoms with Crippen molar-refractivity contribution >= 4 is 0 Å². The summed E-state index contributed by atoms with van der Waals surface area (Å²) >= 11 is 0. The summed E-state index contributed by atoms with van der Waals surface area (Å²) in [6.07, 6.45) is 9.63. The third kappa shape index (κ3) is 4.71. The van der Waals surface area contributed by atoms with Crippen molar-refractivity contribution < 1.29 is 0 Å². The lowest BCUT2D eigenvalue weighted by Crippen LogP contribution is -2.51. The van der Waals surface area contributed by atoms with E-state index in [1.807, 2.05) is 0 Å². The van der Waals surface area contributed by atoms with Crippen molar-refractivity contribution in [3.8, 4) is 0 Å². The zero-order valence-electron chi connectivity index (χ0n) is 13.7. The van der Waals surface area contributed by atoms with E-state index < -0.39 is 0 Å². The van der Waals surface area contributed by atoms with Crippen LogP contribution in [0.3, 0.4) is 0 Å². The van der Waals surface area contributed by atoms with Crippen LogP contribution in [0.1, 0.15) is 58.8 Å². The predicted molar refractivity (Wildman–Crippen MR) is 87.3 cm³/mol. The molecule has 1 unspecified atom stereocenters. The molecule has 0 radical (unpaired) electrons. The maximum absolute atomic E-state index is 3.61. The van der Waals surface area contributed by atoms with Crippen molar-refractivity contribution in [2.45, 2.75) is 70.9 Å². The first-order valence-electron chi connectivity index (χ1n) is 9.04. The van der Waals surface area contributed by atoms with Gasteiger partial charge in [0.2, 0.25) is 0 Å². The smallest absolute Gasteiger partial charge is 0.0218 e. The van der Waals surface area contributed by atoms with Crippen LogP contribution in [0, 0.1) is 0 Å². The van der Waals surface area contributed by atoms with Gasteiger partial charge in [0, 0.05) is 18.6 Å². The van der Waals surface area contributed by atoms with Crippen LogP contribution in [-0.4, -0.2) is 61.2 Å². The SMILES string of the molecule is CCCNCC(CC)N1CCC(N2CCCCC2)CC1. The second kappa shape index (κ2) is 9.01. The Bertz CT molecular complexity index is 243. The molecule has 0 aliphatic carbocycles. The number of nitrogens with one attached hydrogen (secondary N) is 1. The zero-order chi connectivity index (χ0) is 14.2. The van der Waals surface area contributed by atoms with Gasteiger partial charge in [-0.15, -0.1) is 0 Å². The first-order valence-corrected chi connectivity index (χ1v) is 9.04. The molecule has 0 aromatic carbocycles. The fourth-order valence-corrected chi connectivity index (χ4v) is 3.88. The number of piperidine rings is 2. The van der Waals surface area contributed by atoms with E-state index in [1.165, 1.54) is 84.2 Å². The Morgan fingerprint density at radius 2 is 1.70 bits per heavy atom. The first-order chi connectivity index (χ1) is 9.85. The zero-order valence-corrected chi connectivity index (χ0v) is 13.7. The molecule has 3 heteroatoms. The van der Waals surface area contributed by atoms with Crippen molar-refractivity contribution in [3.63, 3.8) is 0 Å². The lowest BCUT2D eigenvalue weighted by atomic mass is 9.98. The maximum atomic E-state index is 3.61. The Morgan fingerprint density at radius 1 is 1.00 bits per heavy atom. The van der Waals surface area contributed by atoms with Crippen LogP contribution in [-0.2, 0) is 0 Å². The van der Waals surface area contributed by atoms with Gasteiger partial charge in [-0.25, -0.2) is 0 Å². The van der Waals surface area contributed by atoms with E-state index in [4.69, 9.17) is 0 Å². The predicted octanol–water partition coefficient (Wildman–Crippen LogP) is 2.71. The number of hydrogen-bond donors (Lipinski definition) is 1.